The first-order valence-corrected chi connectivity index (χ1v) is 5.64. The van der Waals surface area contributed by atoms with Gasteiger partial charge in [-0.25, -0.2) is 0 Å². The van der Waals surface area contributed by atoms with Crippen LogP contribution in [0.25, 0.3) is 0 Å². The van der Waals surface area contributed by atoms with Gasteiger partial charge in [-0.1, -0.05) is 6.07 Å². The van der Waals surface area contributed by atoms with Gasteiger partial charge in [-0.2, -0.15) is 0 Å². The third-order valence-corrected chi connectivity index (χ3v) is 3.16. The van der Waals surface area contributed by atoms with Crippen LogP contribution in [0.15, 0.2) is 18.2 Å². The molecule has 4 N–H and O–H groups in total. The van der Waals surface area contributed by atoms with Crippen molar-refractivity contribution < 1.29 is 10.2 Å². The molecule has 1 aliphatic heterocycles. The molecular formula is C12H18N2O2. The standard InChI is InChI=1S/C12H18N2O2/c13-9-4-6-14(7-5-9)11-2-1-3-12(16)10(11)8-15/h1-3,9,15-16H,4-8,13H2. The summed E-state index contributed by atoms with van der Waals surface area (Å²) in [6.07, 6.45) is 1.92. The van der Waals surface area contributed by atoms with Gasteiger partial charge in [0.2, 0.25) is 0 Å². The number of nitrogens with zero attached hydrogens (tertiary/aromatic N) is 1. The van der Waals surface area contributed by atoms with Crippen molar-refractivity contribution in [2.45, 2.75) is 25.5 Å². The molecule has 4 nitrogen and oxygen atoms in total. The van der Waals surface area contributed by atoms with Crippen LogP contribution in [0.1, 0.15) is 18.4 Å². The maximum absolute atomic E-state index is 9.66. The van der Waals surface area contributed by atoms with Crippen LogP contribution in [0.4, 0.5) is 5.69 Å². The lowest BCUT2D eigenvalue weighted by molar-refractivity contribution is 0.275. The van der Waals surface area contributed by atoms with Crippen molar-refractivity contribution in [2.75, 3.05) is 18.0 Å². The number of nitrogens with two attached hydrogens (primary N) is 1. The molecule has 0 aromatic heterocycles. The second kappa shape index (κ2) is 4.72. The lowest BCUT2D eigenvalue weighted by Gasteiger charge is -2.33. The molecule has 1 fully saturated rings. The first-order valence-electron chi connectivity index (χ1n) is 5.64. The molecular weight excluding hydrogens is 204 g/mol. The molecule has 2 rings (SSSR count). The number of anilines is 1. The summed E-state index contributed by atoms with van der Waals surface area (Å²) in [6.45, 7) is 1.64. The molecule has 0 amide bonds. The normalized spacial score (nSPS) is 17.8. The van der Waals surface area contributed by atoms with Crippen molar-refractivity contribution in [3.05, 3.63) is 23.8 Å². The first kappa shape index (κ1) is 11.2. The van der Waals surface area contributed by atoms with Crippen LogP contribution in [-0.2, 0) is 6.61 Å². The Balaban J connectivity index is 2.23. The predicted molar refractivity (Wildman–Crippen MR) is 63.5 cm³/mol. The number of piperidine rings is 1. The monoisotopic (exact) mass is 222 g/mol. The Kier molecular flexibility index (Phi) is 3.31. The number of hydrogen-bond donors (Lipinski definition) is 3. The Morgan fingerprint density at radius 2 is 2.00 bits per heavy atom. The molecule has 1 saturated heterocycles. The molecule has 1 aromatic rings. The van der Waals surface area contributed by atoms with Crippen molar-refractivity contribution in [3.8, 4) is 5.75 Å². The summed E-state index contributed by atoms with van der Waals surface area (Å²) in [7, 11) is 0. The van der Waals surface area contributed by atoms with Gasteiger partial charge in [-0.15, -0.1) is 0 Å². The van der Waals surface area contributed by atoms with Gasteiger partial charge in [-0.05, 0) is 25.0 Å². The van der Waals surface area contributed by atoms with E-state index < -0.39 is 0 Å². The minimum atomic E-state index is -0.134. The van der Waals surface area contributed by atoms with Gasteiger partial charge in [0.25, 0.3) is 0 Å². The van der Waals surface area contributed by atoms with Crippen molar-refractivity contribution in [1.82, 2.24) is 0 Å². The summed E-state index contributed by atoms with van der Waals surface area (Å²) in [4.78, 5) is 2.18. The molecule has 0 aliphatic carbocycles. The highest BCUT2D eigenvalue weighted by Crippen LogP contribution is 2.30. The van der Waals surface area contributed by atoms with E-state index in [1.807, 2.05) is 6.07 Å². The maximum Gasteiger partial charge on any atom is 0.123 e. The minimum Gasteiger partial charge on any atom is -0.508 e. The second-order valence-electron chi connectivity index (χ2n) is 4.26. The van der Waals surface area contributed by atoms with Crippen LogP contribution in [-0.4, -0.2) is 29.3 Å². The summed E-state index contributed by atoms with van der Waals surface area (Å²) >= 11 is 0. The van der Waals surface area contributed by atoms with E-state index in [9.17, 15) is 10.2 Å². The fourth-order valence-corrected chi connectivity index (χ4v) is 2.16. The first-order chi connectivity index (χ1) is 7.72. The van der Waals surface area contributed by atoms with Crippen LogP contribution in [0.2, 0.25) is 0 Å². The number of aliphatic hydroxyl groups excluding tert-OH is 1. The number of hydrogen-bond acceptors (Lipinski definition) is 4. The van der Waals surface area contributed by atoms with Crippen molar-refractivity contribution in [1.29, 1.82) is 0 Å². The zero-order valence-corrected chi connectivity index (χ0v) is 9.26. The van der Waals surface area contributed by atoms with Gasteiger partial charge >= 0.3 is 0 Å². The number of aromatic hydroxyl groups is 1. The van der Waals surface area contributed by atoms with Gasteiger partial charge < -0.3 is 20.8 Å². The number of benzene rings is 1. The molecule has 88 valence electrons. The number of phenols is 1. The van der Waals surface area contributed by atoms with Crippen LogP contribution in [0, 0.1) is 0 Å². The summed E-state index contributed by atoms with van der Waals surface area (Å²) in [5.74, 6) is 0.162. The SMILES string of the molecule is NC1CCN(c2cccc(O)c2CO)CC1. The van der Waals surface area contributed by atoms with Crippen LogP contribution in [0.3, 0.4) is 0 Å². The average molecular weight is 222 g/mol. The molecule has 0 unspecified atom stereocenters. The van der Waals surface area contributed by atoms with E-state index >= 15 is 0 Å². The van der Waals surface area contributed by atoms with Gasteiger partial charge in [0, 0.05) is 30.4 Å². The highest BCUT2D eigenvalue weighted by molar-refractivity contribution is 5.59. The molecule has 0 bridgehead atoms. The fourth-order valence-electron chi connectivity index (χ4n) is 2.16. The summed E-state index contributed by atoms with van der Waals surface area (Å²) < 4.78 is 0. The van der Waals surface area contributed by atoms with Gasteiger partial charge in [0.05, 0.1) is 6.61 Å². The molecule has 0 atom stereocenters. The third-order valence-electron chi connectivity index (χ3n) is 3.16. The Labute approximate surface area is 95.3 Å². The van der Waals surface area contributed by atoms with E-state index in [2.05, 4.69) is 4.90 Å². The van der Waals surface area contributed by atoms with Crippen molar-refractivity contribution in [3.63, 3.8) is 0 Å². The van der Waals surface area contributed by atoms with Crippen LogP contribution < -0.4 is 10.6 Å². The maximum atomic E-state index is 9.66. The quantitative estimate of drug-likeness (QED) is 0.692. The molecule has 4 heteroatoms. The zero-order valence-electron chi connectivity index (χ0n) is 9.26. The molecule has 16 heavy (non-hydrogen) atoms. The molecule has 1 aromatic carbocycles. The van der Waals surface area contributed by atoms with Crippen LogP contribution in [0.5, 0.6) is 5.75 Å². The van der Waals surface area contributed by atoms with E-state index in [0.717, 1.165) is 31.6 Å². The number of aliphatic hydroxyl groups is 1. The second-order valence-corrected chi connectivity index (χ2v) is 4.26. The van der Waals surface area contributed by atoms with Crippen molar-refractivity contribution >= 4 is 5.69 Å². The lowest BCUT2D eigenvalue weighted by atomic mass is 10.0. The minimum absolute atomic E-state index is 0.134. The predicted octanol–water partition coefficient (Wildman–Crippen LogP) is 0.812. The highest BCUT2D eigenvalue weighted by atomic mass is 16.3. The van der Waals surface area contributed by atoms with E-state index in [0.29, 0.717) is 5.56 Å². The Morgan fingerprint density at radius 1 is 1.31 bits per heavy atom. The Morgan fingerprint density at radius 3 is 2.62 bits per heavy atom. The molecule has 0 saturated carbocycles. The van der Waals surface area contributed by atoms with E-state index in [1.165, 1.54) is 0 Å². The highest BCUT2D eigenvalue weighted by Gasteiger charge is 2.19. The number of rotatable bonds is 2. The third kappa shape index (κ3) is 2.13. The summed E-state index contributed by atoms with van der Waals surface area (Å²) in [5.41, 5.74) is 7.38. The molecule has 0 spiro atoms. The van der Waals surface area contributed by atoms with E-state index in [-0.39, 0.29) is 18.4 Å². The fraction of sp³-hybridized carbons (Fsp3) is 0.500. The molecule has 1 heterocycles. The van der Waals surface area contributed by atoms with Crippen LogP contribution >= 0.6 is 0 Å². The molecule has 1 aliphatic rings. The van der Waals surface area contributed by atoms with Gasteiger partial charge in [0.1, 0.15) is 5.75 Å². The topological polar surface area (TPSA) is 69.7 Å². The lowest BCUT2D eigenvalue weighted by Crippen LogP contribution is -2.40. The summed E-state index contributed by atoms with van der Waals surface area (Å²) in [6, 6.07) is 5.62. The average Bonchev–Trinajstić information content (AvgIpc) is 2.30. The van der Waals surface area contributed by atoms with Gasteiger partial charge in [-0.3, -0.25) is 0 Å². The zero-order chi connectivity index (χ0) is 11.5. The molecule has 0 radical (unpaired) electrons. The Hall–Kier alpha value is -1.26. The smallest absolute Gasteiger partial charge is 0.123 e. The van der Waals surface area contributed by atoms with Crippen molar-refractivity contribution in [2.24, 2.45) is 5.73 Å². The Bertz CT molecular complexity index is 360. The largest absolute Gasteiger partial charge is 0.508 e. The summed E-state index contributed by atoms with van der Waals surface area (Å²) in [5, 5.41) is 18.9. The van der Waals surface area contributed by atoms with E-state index in [4.69, 9.17) is 5.73 Å². The van der Waals surface area contributed by atoms with E-state index in [1.54, 1.807) is 12.1 Å². The van der Waals surface area contributed by atoms with Gasteiger partial charge in [0.15, 0.2) is 0 Å².